The van der Waals surface area contributed by atoms with Crippen LogP contribution in [0.4, 0.5) is 17.1 Å². The SMILES string of the molecule is c1ccc(-c2ccccc2-c2cccc(N(c3cccc(-c4ccc(-c5cccc6ccccc56)cc4)c3)c3cccc4c3-c3ccccc3C4(c3ccccc3)c3ccccc3)c2)cc1. The largest absolute Gasteiger partial charge is 0.310 e. The summed E-state index contributed by atoms with van der Waals surface area (Å²) in [4.78, 5) is 2.49. The van der Waals surface area contributed by atoms with Crippen molar-refractivity contribution in [1.82, 2.24) is 0 Å². The lowest BCUT2D eigenvalue weighted by Crippen LogP contribution is -2.28. The van der Waals surface area contributed by atoms with Crippen molar-refractivity contribution in [2.24, 2.45) is 0 Å². The molecule has 0 atom stereocenters. The highest BCUT2D eigenvalue weighted by Gasteiger charge is 2.47. The fourth-order valence-corrected chi connectivity index (χ4v) is 10.6. The fourth-order valence-electron chi connectivity index (χ4n) is 10.6. The first-order chi connectivity index (χ1) is 32.8. The first kappa shape index (κ1) is 39.1. The van der Waals surface area contributed by atoms with E-state index in [0.717, 1.165) is 28.2 Å². The van der Waals surface area contributed by atoms with Crippen LogP contribution in [-0.4, -0.2) is 0 Å². The van der Waals surface area contributed by atoms with Crippen LogP contribution in [0.2, 0.25) is 0 Å². The second kappa shape index (κ2) is 16.6. The van der Waals surface area contributed by atoms with Crippen LogP contribution in [0.3, 0.4) is 0 Å². The molecule has 0 fully saturated rings. The Hall–Kier alpha value is -8.52. The molecule has 0 radical (unpaired) electrons. The molecule has 12 rings (SSSR count). The number of nitrogens with zero attached hydrogens (tertiary/aromatic N) is 1. The van der Waals surface area contributed by atoms with Crippen molar-refractivity contribution in [1.29, 1.82) is 0 Å². The molecule has 0 N–H and O–H groups in total. The third-order valence-electron chi connectivity index (χ3n) is 13.6. The molecule has 1 aliphatic carbocycles. The molecule has 1 nitrogen and oxygen atoms in total. The molecule has 66 heavy (non-hydrogen) atoms. The lowest BCUT2D eigenvalue weighted by Gasteiger charge is -2.34. The predicted octanol–water partition coefficient (Wildman–Crippen LogP) is 17.3. The standard InChI is InChI=1S/C65H45N/c1-4-20-47(21-5-1)57-33-12-13-34-59(57)51-25-17-31-55(45-51)66(54-30-16-24-50(44-54)46-40-42-49(43-41-46)58-36-18-23-48-22-10-11-32-56(48)58)63-39-19-38-62-64(63)60-35-14-15-37-61(60)65(62,52-26-6-2-7-27-52)53-28-8-3-9-29-53/h1-45H. The van der Waals surface area contributed by atoms with Gasteiger partial charge in [-0.05, 0) is 113 Å². The van der Waals surface area contributed by atoms with E-state index in [4.69, 9.17) is 0 Å². The van der Waals surface area contributed by atoms with Crippen molar-refractivity contribution in [3.8, 4) is 55.6 Å². The van der Waals surface area contributed by atoms with Crippen LogP contribution >= 0.6 is 0 Å². The zero-order valence-corrected chi connectivity index (χ0v) is 36.4. The molecule has 0 spiro atoms. The Bertz CT molecular complexity index is 3470. The fraction of sp³-hybridized carbons (Fsp3) is 0.0154. The van der Waals surface area contributed by atoms with E-state index in [0.29, 0.717) is 0 Å². The summed E-state index contributed by atoms with van der Waals surface area (Å²) in [5.41, 5.74) is 19.9. The van der Waals surface area contributed by atoms with Gasteiger partial charge in [-0.15, -0.1) is 0 Å². The summed E-state index contributed by atoms with van der Waals surface area (Å²) in [6.45, 7) is 0. The second-order valence-electron chi connectivity index (χ2n) is 17.2. The van der Waals surface area contributed by atoms with Crippen LogP contribution in [0.15, 0.2) is 273 Å². The highest BCUT2D eigenvalue weighted by atomic mass is 15.1. The quantitative estimate of drug-likeness (QED) is 0.140. The van der Waals surface area contributed by atoms with Gasteiger partial charge in [0.05, 0.1) is 11.1 Å². The van der Waals surface area contributed by atoms with Gasteiger partial charge >= 0.3 is 0 Å². The topological polar surface area (TPSA) is 3.24 Å². The Kier molecular flexibility index (Phi) is 9.81. The second-order valence-corrected chi connectivity index (χ2v) is 17.2. The van der Waals surface area contributed by atoms with Crippen molar-refractivity contribution >= 4 is 27.8 Å². The Morgan fingerprint density at radius 1 is 0.273 bits per heavy atom. The summed E-state index contributed by atoms with van der Waals surface area (Å²) in [6.07, 6.45) is 0. The van der Waals surface area contributed by atoms with E-state index in [2.05, 4.69) is 278 Å². The molecule has 0 saturated carbocycles. The highest BCUT2D eigenvalue weighted by molar-refractivity contribution is 5.99. The number of fused-ring (bicyclic) bond motifs is 4. The number of hydrogen-bond acceptors (Lipinski definition) is 1. The van der Waals surface area contributed by atoms with Gasteiger partial charge < -0.3 is 4.90 Å². The molecule has 11 aromatic rings. The average molecular weight is 840 g/mol. The summed E-state index contributed by atoms with van der Waals surface area (Å²) in [5, 5.41) is 2.51. The molecule has 310 valence electrons. The Balaban J connectivity index is 1.07. The van der Waals surface area contributed by atoms with Gasteiger partial charge in [0.15, 0.2) is 0 Å². The first-order valence-corrected chi connectivity index (χ1v) is 22.8. The van der Waals surface area contributed by atoms with E-state index in [1.165, 1.54) is 77.5 Å². The van der Waals surface area contributed by atoms with Gasteiger partial charge in [0, 0.05) is 16.9 Å². The van der Waals surface area contributed by atoms with Gasteiger partial charge in [0.2, 0.25) is 0 Å². The van der Waals surface area contributed by atoms with E-state index < -0.39 is 5.41 Å². The van der Waals surface area contributed by atoms with Crippen molar-refractivity contribution in [2.45, 2.75) is 5.41 Å². The minimum Gasteiger partial charge on any atom is -0.310 e. The molecule has 0 aromatic heterocycles. The summed E-state index contributed by atoms with van der Waals surface area (Å²) >= 11 is 0. The van der Waals surface area contributed by atoms with Crippen LogP contribution < -0.4 is 4.90 Å². The van der Waals surface area contributed by atoms with Crippen LogP contribution in [0, 0.1) is 0 Å². The smallest absolute Gasteiger partial charge is 0.0714 e. The molecule has 1 heteroatoms. The van der Waals surface area contributed by atoms with E-state index in [1.54, 1.807) is 0 Å². The zero-order valence-electron chi connectivity index (χ0n) is 36.4. The summed E-state index contributed by atoms with van der Waals surface area (Å²) in [6, 6.07) is 100. The third kappa shape index (κ3) is 6.56. The molecule has 11 aromatic carbocycles. The van der Waals surface area contributed by atoms with Crippen LogP contribution in [0.5, 0.6) is 0 Å². The lowest BCUT2D eigenvalue weighted by molar-refractivity contribution is 0.768. The van der Waals surface area contributed by atoms with E-state index in [9.17, 15) is 0 Å². The van der Waals surface area contributed by atoms with Crippen molar-refractivity contribution in [3.05, 3.63) is 295 Å². The maximum absolute atomic E-state index is 2.49. The lowest BCUT2D eigenvalue weighted by atomic mass is 9.68. The number of anilines is 3. The van der Waals surface area contributed by atoms with E-state index in [-0.39, 0.29) is 0 Å². The minimum atomic E-state index is -0.528. The molecule has 0 saturated heterocycles. The summed E-state index contributed by atoms with van der Waals surface area (Å²) in [5.74, 6) is 0. The minimum absolute atomic E-state index is 0.528. The normalized spacial score (nSPS) is 12.4. The van der Waals surface area contributed by atoms with E-state index in [1.807, 2.05) is 0 Å². The first-order valence-electron chi connectivity index (χ1n) is 22.8. The van der Waals surface area contributed by atoms with Crippen LogP contribution in [0.25, 0.3) is 66.4 Å². The molecule has 0 bridgehead atoms. The summed E-state index contributed by atoms with van der Waals surface area (Å²) < 4.78 is 0. The maximum atomic E-state index is 2.49. The monoisotopic (exact) mass is 839 g/mol. The molecular formula is C65H45N. The maximum Gasteiger partial charge on any atom is 0.0714 e. The molecule has 0 heterocycles. The van der Waals surface area contributed by atoms with Crippen molar-refractivity contribution in [3.63, 3.8) is 0 Å². The molecular weight excluding hydrogens is 795 g/mol. The van der Waals surface area contributed by atoms with Crippen molar-refractivity contribution in [2.75, 3.05) is 4.90 Å². The van der Waals surface area contributed by atoms with Gasteiger partial charge in [0.25, 0.3) is 0 Å². The molecule has 1 aliphatic rings. The molecule has 0 aliphatic heterocycles. The average Bonchev–Trinajstić information content (AvgIpc) is 3.71. The van der Waals surface area contributed by atoms with E-state index >= 15 is 0 Å². The van der Waals surface area contributed by atoms with Crippen molar-refractivity contribution < 1.29 is 0 Å². The Labute approximate surface area is 387 Å². The molecule has 0 amide bonds. The molecule has 0 unspecified atom stereocenters. The third-order valence-corrected chi connectivity index (χ3v) is 13.6. The summed E-state index contributed by atoms with van der Waals surface area (Å²) in [7, 11) is 0. The number of benzene rings is 11. The van der Waals surface area contributed by atoms with Gasteiger partial charge in [-0.25, -0.2) is 0 Å². The number of rotatable bonds is 9. The van der Waals surface area contributed by atoms with Gasteiger partial charge in [0.1, 0.15) is 0 Å². The number of hydrogen-bond donors (Lipinski definition) is 0. The van der Waals surface area contributed by atoms with Gasteiger partial charge in [-0.3, -0.25) is 0 Å². The van der Waals surface area contributed by atoms with Crippen LogP contribution in [0.1, 0.15) is 22.3 Å². The Morgan fingerprint density at radius 3 is 1.44 bits per heavy atom. The Morgan fingerprint density at radius 2 is 0.727 bits per heavy atom. The van der Waals surface area contributed by atoms with Gasteiger partial charge in [-0.1, -0.05) is 243 Å². The zero-order chi connectivity index (χ0) is 43.9. The van der Waals surface area contributed by atoms with Crippen LogP contribution in [-0.2, 0) is 5.41 Å². The highest BCUT2D eigenvalue weighted by Crippen LogP contribution is 2.59. The van der Waals surface area contributed by atoms with Gasteiger partial charge in [-0.2, -0.15) is 0 Å². The predicted molar refractivity (Wildman–Crippen MR) is 278 cm³/mol.